The summed E-state index contributed by atoms with van der Waals surface area (Å²) in [5.74, 6) is -3.97. The number of hydrogen-bond acceptors (Lipinski definition) is 4. The average molecular weight is 500 g/mol. The van der Waals surface area contributed by atoms with Gasteiger partial charge in [0.15, 0.2) is 11.4 Å². The van der Waals surface area contributed by atoms with Crippen LogP contribution in [-0.4, -0.2) is 39.5 Å². The predicted molar refractivity (Wildman–Crippen MR) is 124 cm³/mol. The number of aromatic hydroxyl groups is 1. The Labute approximate surface area is 203 Å². The lowest BCUT2D eigenvalue weighted by molar-refractivity contribution is 0.0686. The van der Waals surface area contributed by atoms with Crippen molar-refractivity contribution in [3.8, 4) is 5.75 Å². The Morgan fingerprint density at radius 2 is 1.91 bits per heavy atom. The normalized spacial score (nSPS) is 16.4. The topological polar surface area (TPSA) is 91.6 Å². The first kappa shape index (κ1) is 23.0. The number of benzene rings is 2. The van der Waals surface area contributed by atoms with Crippen LogP contribution in [0.3, 0.4) is 0 Å². The van der Waals surface area contributed by atoms with E-state index in [1.807, 2.05) is 6.07 Å². The highest BCUT2D eigenvalue weighted by Crippen LogP contribution is 2.36. The van der Waals surface area contributed by atoms with E-state index in [1.165, 1.54) is 17.7 Å². The zero-order valence-corrected chi connectivity index (χ0v) is 19.3. The van der Waals surface area contributed by atoms with Crippen molar-refractivity contribution in [2.45, 2.75) is 25.9 Å². The van der Waals surface area contributed by atoms with Crippen LogP contribution in [0.1, 0.15) is 49.1 Å². The van der Waals surface area contributed by atoms with Crippen molar-refractivity contribution in [3.63, 3.8) is 0 Å². The minimum absolute atomic E-state index is 0.216. The number of fused-ring (bicyclic) bond motifs is 6. The summed E-state index contributed by atoms with van der Waals surface area (Å²) in [4.78, 5) is 40.4. The van der Waals surface area contributed by atoms with Gasteiger partial charge in [-0.3, -0.25) is 14.4 Å². The standard InChI is InChI=1S/C25H20ClF2N3O4/c1-12-6-18(27)16(19(28)7-12)9-29-24(34)17-10-31-20-11-30(25(35)21(31)23(33)22(17)32)5-4-13-2-3-14(26)8-15(13)20/h2-3,6-8,10,20,33H,4-5,9,11H2,1H3,(H,29,34). The lowest BCUT2D eigenvalue weighted by Gasteiger charge is -2.35. The van der Waals surface area contributed by atoms with E-state index in [1.54, 1.807) is 17.0 Å². The largest absolute Gasteiger partial charge is 0.503 e. The van der Waals surface area contributed by atoms with E-state index in [4.69, 9.17) is 11.6 Å². The molecule has 0 aliphatic carbocycles. The van der Waals surface area contributed by atoms with Gasteiger partial charge in [-0.15, -0.1) is 0 Å². The number of nitrogens with zero attached hydrogens (tertiary/aromatic N) is 2. The zero-order valence-electron chi connectivity index (χ0n) is 18.6. The Bertz CT molecular complexity index is 1450. The third-order valence-electron chi connectivity index (χ3n) is 6.50. The molecule has 1 unspecified atom stereocenters. The predicted octanol–water partition coefficient (Wildman–Crippen LogP) is 3.33. The molecular formula is C25H20ClF2N3O4. The Morgan fingerprint density at radius 3 is 2.63 bits per heavy atom. The molecule has 0 spiro atoms. The van der Waals surface area contributed by atoms with Gasteiger partial charge < -0.3 is 19.9 Å². The van der Waals surface area contributed by atoms with Crippen LogP contribution in [0, 0.1) is 18.6 Å². The lowest BCUT2D eigenvalue weighted by Crippen LogP contribution is -2.45. The van der Waals surface area contributed by atoms with Crippen LogP contribution in [0.4, 0.5) is 8.78 Å². The number of hydrogen-bond donors (Lipinski definition) is 2. The van der Waals surface area contributed by atoms with Gasteiger partial charge >= 0.3 is 0 Å². The molecule has 180 valence electrons. The van der Waals surface area contributed by atoms with Gasteiger partial charge in [-0.25, -0.2) is 8.78 Å². The minimum atomic E-state index is -1.04. The third-order valence-corrected chi connectivity index (χ3v) is 6.74. The summed E-state index contributed by atoms with van der Waals surface area (Å²) in [6, 6.07) is 7.15. The first-order valence-electron chi connectivity index (χ1n) is 10.9. The molecule has 2 aromatic carbocycles. The molecule has 2 N–H and O–H groups in total. The van der Waals surface area contributed by atoms with Gasteiger partial charge in [0.2, 0.25) is 5.43 Å². The van der Waals surface area contributed by atoms with E-state index in [0.29, 0.717) is 23.6 Å². The van der Waals surface area contributed by atoms with Crippen LogP contribution in [-0.2, 0) is 13.0 Å². The Morgan fingerprint density at radius 1 is 1.20 bits per heavy atom. The van der Waals surface area contributed by atoms with Crippen LogP contribution in [0.5, 0.6) is 5.75 Å². The Balaban J connectivity index is 1.56. The van der Waals surface area contributed by atoms with E-state index in [9.17, 15) is 28.3 Å². The van der Waals surface area contributed by atoms with Gasteiger partial charge in [0.25, 0.3) is 11.8 Å². The van der Waals surface area contributed by atoms with Gasteiger partial charge in [0, 0.05) is 36.4 Å². The molecule has 3 heterocycles. The molecule has 2 bridgehead atoms. The third kappa shape index (κ3) is 3.85. The fraction of sp³-hybridized carbons (Fsp3) is 0.240. The van der Waals surface area contributed by atoms with Crippen LogP contribution in [0.2, 0.25) is 5.02 Å². The molecule has 2 aliphatic rings. The summed E-state index contributed by atoms with van der Waals surface area (Å²) in [6.07, 6.45) is 1.78. The second-order valence-corrected chi connectivity index (χ2v) is 9.16. The highest BCUT2D eigenvalue weighted by Gasteiger charge is 2.38. The number of nitrogens with one attached hydrogen (secondary N) is 1. The van der Waals surface area contributed by atoms with Gasteiger partial charge in [-0.2, -0.15) is 0 Å². The van der Waals surface area contributed by atoms with Crippen molar-refractivity contribution < 1.29 is 23.5 Å². The van der Waals surface area contributed by atoms with Crippen LogP contribution in [0.15, 0.2) is 41.3 Å². The van der Waals surface area contributed by atoms with Gasteiger partial charge in [0.1, 0.15) is 17.2 Å². The molecule has 0 radical (unpaired) electrons. The number of carbonyl (C=O) groups is 2. The number of aryl methyl sites for hydroxylation is 1. The summed E-state index contributed by atoms with van der Waals surface area (Å²) >= 11 is 6.22. The summed E-state index contributed by atoms with van der Waals surface area (Å²) in [5, 5.41) is 13.5. The molecule has 1 atom stereocenters. The van der Waals surface area contributed by atoms with Crippen molar-refractivity contribution in [2.24, 2.45) is 0 Å². The Kier molecular flexibility index (Phi) is 5.59. The first-order valence-corrected chi connectivity index (χ1v) is 11.3. The second kappa shape index (κ2) is 8.49. The lowest BCUT2D eigenvalue weighted by atomic mass is 9.97. The van der Waals surface area contributed by atoms with E-state index in [2.05, 4.69) is 5.32 Å². The Hall–Kier alpha value is -3.72. The average Bonchev–Trinajstić information content (AvgIpc) is 2.96. The van der Waals surface area contributed by atoms with Gasteiger partial charge in [0.05, 0.1) is 6.04 Å². The number of halogens is 3. The van der Waals surface area contributed by atoms with Crippen molar-refractivity contribution in [2.75, 3.05) is 13.1 Å². The molecule has 10 heteroatoms. The summed E-state index contributed by atoms with van der Waals surface area (Å²) in [7, 11) is 0. The van der Waals surface area contributed by atoms with E-state index in [0.717, 1.165) is 23.3 Å². The summed E-state index contributed by atoms with van der Waals surface area (Å²) < 4.78 is 29.8. The molecule has 5 rings (SSSR count). The molecular weight excluding hydrogens is 480 g/mol. The van der Waals surface area contributed by atoms with Crippen LogP contribution in [0.25, 0.3) is 0 Å². The SMILES string of the molecule is Cc1cc(F)c(CNC(=O)c2cn3c(c(O)c2=O)C(=O)N2CCc4ccc(Cl)cc4C3C2)c(F)c1. The minimum Gasteiger partial charge on any atom is -0.503 e. The molecule has 2 aliphatic heterocycles. The highest BCUT2D eigenvalue weighted by molar-refractivity contribution is 6.30. The number of amides is 2. The number of carbonyl (C=O) groups excluding carboxylic acids is 2. The zero-order chi connectivity index (χ0) is 25.0. The van der Waals surface area contributed by atoms with Crippen LogP contribution >= 0.6 is 11.6 Å². The molecule has 35 heavy (non-hydrogen) atoms. The monoisotopic (exact) mass is 499 g/mol. The maximum atomic E-state index is 14.2. The molecule has 0 saturated carbocycles. The molecule has 1 aromatic heterocycles. The maximum Gasteiger partial charge on any atom is 0.274 e. The van der Waals surface area contributed by atoms with Crippen LogP contribution < -0.4 is 10.7 Å². The molecule has 3 aromatic rings. The fourth-order valence-corrected chi connectivity index (χ4v) is 4.91. The van der Waals surface area contributed by atoms with Gasteiger partial charge in [-0.05, 0) is 54.3 Å². The number of aromatic nitrogens is 1. The van der Waals surface area contributed by atoms with Crippen molar-refractivity contribution in [1.82, 2.24) is 14.8 Å². The van der Waals surface area contributed by atoms with Gasteiger partial charge in [-0.1, -0.05) is 17.7 Å². The smallest absolute Gasteiger partial charge is 0.274 e. The van der Waals surface area contributed by atoms with E-state index >= 15 is 0 Å². The molecule has 2 amide bonds. The van der Waals surface area contributed by atoms with Crippen molar-refractivity contribution >= 4 is 23.4 Å². The first-order chi connectivity index (χ1) is 16.7. The van der Waals surface area contributed by atoms with E-state index in [-0.39, 0.29) is 17.8 Å². The number of rotatable bonds is 3. The quantitative estimate of drug-likeness (QED) is 0.578. The number of pyridine rings is 1. The molecule has 7 nitrogen and oxygen atoms in total. The van der Waals surface area contributed by atoms with E-state index < -0.39 is 52.8 Å². The molecule has 0 saturated heterocycles. The second-order valence-electron chi connectivity index (χ2n) is 8.73. The molecule has 0 fully saturated rings. The summed E-state index contributed by atoms with van der Waals surface area (Å²) in [5.41, 5.74) is 0.0847. The maximum absolute atomic E-state index is 14.2. The summed E-state index contributed by atoms with van der Waals surface area (Å²) in [6.45, 7) is 1.69. The fourth-order valence-electron chi connectivity index (χ4n) is 4.73. The highest BCUT2D eigenvalue weighted by atomic mass is 35.5. The van der Waals surface area contributed by atoms with Crippen molar-refractivity contribution in [1.29, 1.82) is 0 Å². The van der Waals surface area contributed by atoms with Crippen molar-refractivity contribution in [3.05, 3.63) is 96.9 Å².